The Morgan fingerprint density at radius 2 is 1.96 bits per heavy atom. The van der Waals surface area contributed by atoms with Gasteiger partial charge in [0.2, 0.25) is 0 Å². The fourth-order valence-electron chi connectivity index (χ4n) is 2.34. The van der Waals surface area contributed by atoms with Crippen molar-refractivity contribution in [3.63, 3.8) is 0 Å². The van der Waals surface area contributed by atoms with E-state index in [0.29, 0.717) is 16.8 Å². The van der Waals surface area contributed by atoms with Crippen LogP contribution in [0.2, 0.25) is 0 Å². The SMILES string of the molecule is CCSc1cc(C(Nc2ccc(C(=N)N)cc2)C(=O)O)ccc1OC.Cl. The van der Waals surface area contributed by atoms with Crippen molar-refractivity contribution < 1.29 is 14.6 Å². The number of hydrogen-bond acceptors (Lipinski definition) is 5. The molecule has 6 nitrogen and oxygen atoms in total. The van der Waals surface area contributed by atoms with Crippen LogP contribution in [0.1, 0.15) is 24.1 Å². The van der Waals surface area contributed by atoms with Crippen LogP contribution in [0, 0.1) is 5.41 Å². The van der Waals surface area contributed by atoms with Gasteiger partial charge in [-0.2, -0.15) is 0 Å². The number of halogens is 1. The van der Waals surface area contributed by atoms with Crippen molar-refractivity contribution in [3.05, 3.63) is 53.6 Å². The van der Waals surface area contributed by atoms with E-state index in [0.717, 1.165) is 16.4 Å². The molecule has 0 saturated heterocycles. The topological polar surface area (TPSA) is 108 Å². The number of nitrogens with one attached hydrogen (secondary N) is 2. The van der Waals surface area contributed by atoms with E-state index >= 15 is 0 Å². The van der Waals surface area contributed by atoms with E-state index < -0.39 is 12.0 Å². The van der Waals surface area contributed by atoms with Gasteiger partial charge in [0, 0.05) is 16.1 Å². The van der Waals surface area contributed by atoms with E-state index in [1.807, 2.05) is 13.0 Å². The highest BCUT2D eigenvalue weighted by Crippen LogP contribution is 2.32. The minimum Gasteiger partial charge on any atom is -0.496 e. The average Bonchev–Trinajstić information content (AvgIpc) is 2.60. The van der Waals surface area contributed by atoms with Crippen molar-refractivity contribution >= 4 is 41.7 Å². The molecule has 0 heterocycles. The minimum atomic E-state index is -0.978. The van der Waals surface area contributed by atoms with Crippen molar-refractivity contribution in [3.8, 4) is 5.75 Å². The number of anilines is 1. The predicted molar refractivity (Wildman–Crippen MR) is 108 cm³/mol. The average molecular weight is 396 g/mol. The molecule has 0 aliphatic heterocycles. The lowest BCUT2D eigenvalue weighted by Crippen LogP contribution is -2.20. The second-order valence-electron chi connectivity index (χ2n) is 5.25. The molecule has 0 aliphatic carbocycles. The Hall–Kier alpha value is -2.38. The highest BCUT2D eigenvalue weighted by molar-refractivity contribution is 7.99. The molecule has 2 aromatic rings. The normalized spacial score (nSPS) is 11.2. The summed E-state index contributed by atoms with van der Waals surface area (Å²) >= 11 is 1.60. The monoisotopic (exact) mass is 395 g/mol. The van der Waals surface area contributed by atoms with Crippen LogP contribution in [0.15, 0.2) is 47.4 Å². The fourth-order valence-corrected chi connectivity index (χ4v) is 3.17. The van der Waals surface area contributed by atoms with E-state index in [4.69, 9.17) is 15.9 Å². The maximum atomic E-state index is 11.7. The van der Waals surface area contributed by atoms with E-state index in [2.05, 4.69) is 5.32 Å². The van der Waals surface area contributed by atoms with E-state index in [1.54, 1.807) is 55.3 Å². The highest BCUT2D eigenvalue weighted by atomic mass is 35.5. The van der Waals surface area contributed by atoms with Crippen LogP contribution < -0.4 is 15.8 Å². The Morgan fingerprint density at radius 1 is 1.31 bits per heavy atom. The van der Waals surface area contributed by atoms with Crippen molar-refractivity contribution in [1.82, 2.24) is 0 Å². The zero-order valence-electron chi connectivity index (χ0n) is 14.5. The van der Waals surface area contributed by atoms with Crippen LogP contribution in [0.5, 0.6) is 5.75 Å². The van der Waals surface area contributed by atoms with Crippen LogP contribution >= 0.6 is 24.2 Å². The summed E-state index contributed by atoms with van der Waals surface area (Å²) in [6, 6.07) is 11.2. The number of methoxy groups -OCH3 is 1. The molecule has 8 heteroatoms. The van der Waals surface area contributed by atoms with E-state index in [1.165, 1.54) is 0 Å². The lowest BCUT2D eigenvalue weighted by Gasteiger charge is -2.18. The number of ether oxygens (including phenoxy) is 1. The lowest BCUT2D eigenvalue weighted by molar-refractivity contribution is -0.138. The Kier molecular flexibility index (Phi) is 8.28. The minimum absolute atomic E-state index is 0. The van der Waals surface area contributed by atoms with E-state index in [9.17, 15) is 9.90 Å². The second-order valence-corrected chi connectivity index (χ2v) is 6.56. The number of amidine groups is 1. The summed E-state index contributed by atoms with van der Waals surface area (Å²) in [5, 5.41) is 20.0. The summed E-state index contributed by atoms with van der Waals surface area (Å²) < 4.78 is 5.33. The van der Waals surface area contributed by atoms with Crippen molar-refractivity contribution in [2.24, 2.45) is 5.73 Å². The van der Waals surface area contributed by atoms with Crippen LogP contribution in [0.3, 0.4) is 0 Å². The number of benzene rings is 2. The first-order valence-corrected chi connectivity index (χ1v) is 8.69. The number of aliphatic carboxylic acids is 1. The number of nitrogens with two attached hydrogens (primary N) is 1. The molecule has 5 N–H and O–H groups in total. The summed E-state index contributed by atoms with van der Waals surface area (Å²) in [5.74, 6) is 0.578. The van der Waals surface area contributed by atoms with Gasteiger partial charge in [0.1, 0.15) is 11.6 Å². The number of carboxylic acids is 1. The van der Waals surface area contributed by atoms with Gasteiger partial charge in [-0.15, -0.1) is 24.2 Å². The Labute approximate surface area is 163 Å². The molecule has 0 saturated carbocycles. The largest absolute Gasteiger partial charge is 0.496 e. The predicted octanol–water partition coefficient (Wildman–Crippen LogP) is 3.75. The van der Waals surface area contributed by atoms with Crippen molar-refractivity contribution in [2.45, 2.75) is 17.9 Å². The third-order valence-electron chi connectivity index (χ3n) is 3.57. The number of carbonyl (C=O) groups is 1. The van der Waals surface area contributed by atoms with E-state index in [-0.39, 0.29) is 18.2 Å². The van der Waals surface area contributed by atoms with Gasteiger partial charge >= 0.3 is 5.97 Å². The number of carboxylic acid groups (broad SMARTS) is 1. The Bertz CT molecular complexity index is 769. The quantitative estimate of drug-likeness (QED) is 0.308. The van der Waals surface area contributed by atoms with Crippen LogP contribution in [0.25, 0.3) is 0 Å². The first-order chi connectivity index (χ1) is 12.0. The van der Waals surface area contributed by atoms with Gasteiger partial charge in [-0.25, -0.2) is 4.79 Å². The number of hydrogen-bond donors (Lipinski definition) is 4. The first kappa shape index (κ1) is 21.7. The van der Waals surface area contributed by atoms with Gasteiger partial charge in [0.05, 0.1) is 7.11 Å². The Morgan fingerprint density at radius 3 is 2.46 bits per heavy atom. The number of rotatable bonds is 8. The molecule has 0 aliphatic rings. The fraction of sp³-hybridized carbons (Fsp3) is 0.222. The molecule has 0 spiro atoms. The van der Waals surface area contributed by atoms with Crippen LogP contribution in [-0.2, 0) is 4.79 Å². The summed E-state index contributed by atoms with van der Waals surface area (Å²) in [6.07, 6.45) is 0. The van der Waals surface area contributed by atoms with Gasteiger partial charge in [0.25, 0.3) is 0 Å². The molecule has 1 atom stereocenters. The number of thioether (sulfide) groups is 1. The zero-order chi connectivity index (χ0) is 18.4. The summed E-state index contributed by atoms with van der Waals surface area (Å²) in [5.41, 5.74) is 7.29. The molecular weight excluding hydrogens is 374 g/mol. The molecule has 2 rings (SSSR count). The summed E-state index contributed by atoms with van der Waals surface area (Å²) in [7, 11) is 1.60. The molecule has 0 amide bonds. The smallest absolute Gasteiger partial charge is 0.330 e. The Balaban J connectivity index is 0.00000338. The molecular formula is C18H22ClN3O3S. The standard InChI is InChI=1S/C18H21N3O3S.ClH/c1-3-25-15-10-12(6-9-14(15)24-2)16(18(22)23)21-13-7-4-11(5-8-13)17(19)20;/h4-10,16,21H,3H2,1-2H3,(H3,19,20)(H,22,23);1H. The van der Waals surface area contributed by atoms with Gasteiger partial charge in [-0.05, 0) is 47.7 Å². The molecule has 140 valence electrons. The van der Waals surface area contributed by atoms with Crippen LogP contribution in [0.4, 0.5) is 5.69 Å². The summed E-state index contributed by atoms with van der Waals surface area (Å²) in [4.78, 5) is 12.7. The number of nitrogen functional groups attached to an aromatic ring is 1. The van der Waals surface area contributed by atoms with Gasteiger partial charge < -0.3 is 20.9 Å². The van der Waals surface area contributed by atoms with Gasteiger partial charge in [-0.3, -0.25) is 5.41 Å². The maximum Gasteiger partial charge on any atom is 0.330 e. The molecule has 1 unspecified atom stereocenters. The van der Waals surface area contributed by atoms with Crippen molar-refractivity contribution in [2.75, 3.05) is 18.2 Å². The van der Waals surface area contributed by atoms with Crippen LogP contribution in [-0.4, -0.2) is 29.8 Å². The molecule has 0 bridgehead atoms. The summed E-state index contributed by atoms with van der Waals surface area (Å²) in [6.45, 7) is 2.03. The second kappa shape index (κ2) is 9.94. The van der Waals surface area contributed by atoms with Crippen molar-refractivity contribution in [1.29, 1.82) is 5.41 Å². The molecule has 0 radical (unpaired) electrons. The maximum absolute atomic E-state index is 11.7. The zero-order valence-corrected chi connectivity index (χ0v) is 16.1. The third-order valence-corrected chi connectivity index (χ3v) is 4.49. The third kappa shape index (κ3) is 5.31. The van der Waals surface area contributed by atoms with Gasteiger partial charge in [-0.1, -0.05) is 13.0 Å². The molecule has 2 aromatic carbocycles. The first-order valence-electron chi connectivity index (χ1n) is 7.70. The lowest BCUT2D eigenvalue weighted by atomic mass is 10.1. The molecule has 26 heavy (non-hydrogen) atoms. The van der Waals surface area contributed by atoms with Gasteiger partial charge in [0.15, 0.2) is 6.04 Å². The highest BCUT2D eigenvalue weighted by Gasteiger charge is 2.21. The molecule has 0 fully saturated rings. The molecule has 0 aromatic heterocycles.